The molecule has 6 nitrogen and oxygen atoms in total. The average molecular weight is 336 g/mol. The van der Waals surface area contributed by atoms with E-state index in [9.17, 15) is 14.4 Å². The number of hydrogen-bond donors (Lipinski definition) is 0. The zero-order valence-corrected chi connectivity index (χ0v) is 14.5. The molecule has 0 bridgehead atoms. The van der Waals surface area contributed by atoms with Gasteiger partial charge in [-0.25, -0.2) is 4.79 Å². The molecule has 1 aromatic heterocycles. The minimum Gasteiger partial charge on any atom is -0.463 e. The molecule has 0 aromatic carbocycles. The Kier molecular flexibility index (Phi) is 5.30. The van der Waals surface area contributed by atoms with Crippen LogP contribution in [0.4, 0.5) is 0 Å². The molecule has 0 aliphatic carbocycles. The minimum atomic E-state index is -0.506. The highest BCUT2D eigenvalue weighted by Gasteiger charge is 2.30. The number of carbonyl (C=O) groups excluding carboxylic acids is 3. The molecule has 23 heavy (non-hydrogen) atoms. The van der Waals surface area contributed by atoms with Crippen LogP contribution in [0.1, 0.15) is 28.7 Å². The maximum atomic E-state index is 12.5. The lowest BCUT2D eigenvalue weighted by molar-refractivity contribution is -0.137. The van der Waals surface area contributed by atoms with E-state index in [1.54, 1.807) is 6.92 Å². The number of esters is 1. The van der Waals surface area contributed by atoms with E-state index in [0.29, 0.717) is 10.6 Å². The van der Waals surface area contributed by atoms with Gasteiger partial charge in [-0.15, -0.1) is 0 Å². The van der Waals surface area contributed by atoms with Gasteiger partial charge >= 0.3 is 5.97 Å². The Morgan fingerprint density at radius 1 is 1.39 bits per heavy atom. The van der Waals surface area contributed by atoms with Crippen molar-refractivity contribution in [1.82, 2.24) is 9.47 Å². The van der Waals surface area contributed by atoms with Gasteiger partial charge in [-0.1, -0.05) is 11.8 Å². The molecule has 0 spiro atoms. The second-order valence-electron chi connectivity index (χ2n) is 5.27. The van der Waals surface area contributed by atoms with Crippen molar-refractivity contribution in [2.75, 3.05) is 18.9 Å². The van der Waals surface area contributed by atoms with E-state index in [1.165, 1.54) is 22.7 Å². The van der Waals surface area contributed by atoms with Crippen LogP contribution in [0.3, 0.4) is 0 Å². The first-order valence-corrected chi connectivity index (χ1v) is 8.31. The number of aryl methyl sites for hydroxylation is 1. The number of nitrogens with zero attached hydrogens (tertiary/aromatic N) is 2. The molecule has 0 radical (unpaired) electrons. The quantitative estimate of drug-likeness (QED) is 0.466. The summed E-state index contributed by atoms with van der Waals surface area (Å²) in [5.41, 5.74) is 2.45. The van der Waals surface area contributed by atoms with Gasteiger partial charge in [0, 0.05) is 24.0 Å². The zero-order valence-electron chi connectivity index (χ0n) is 13.7. The van der Waals surface area contributed by atoms with E-state index < -0.39 is 5.97 Å². The van der Waals surface area contributed by atoms with Gasteiger partial charge in [0.25, 0.3) is 0 Å². The van der Waals surface area contributed by atoms with E-state index in [2.05, 4.69) is 0 Å². The molecule has 1 aliphatic rings. The summed E-state index contributed by atoms with van der Waals surface area (Å²) in [6.07, 6.45) is 1.27. The second-order valence-corrected chi connectivity index (χ2v) is 6.27. The summed E-state index contributed by atoms with van der Waals surface area (Å²) >= 11 is 1.24. The highest BCUT2D eigenvalue weighted by molar-refractivity contribution is 8.04. The average Bonchev–Trinajstić information content (AvgIpc) is 2.95. The Morgan fingerprint density at radius 3 is 2.65 bits per heavy atom. The van der Waals surface area contributed by atoms with E-state index in [-0.39, 0.29) is 30.6 Å². The lowest BCUT2D eigenvalue weighted by Gasteiger charge is -2.16. The summed E-state index contributed by atoms with van der Waals surface area (Å²) in [5.74, 6) is -0.597. The molecular formula is C16H20N2O4S. The predicted octanol–water partition coefficient (Wildman–Crippen LogP) is 1.80. The fraction of sp³-hybridized carbons (Fsp3) is 0.438. The third-order valence-corrected chi connectivity index (χ3v) is 4.84. The summed E-state index contributed by atoms with van der Waals surface area (Å²) in [6, 6.07) is 1.82. The maximum Gasteiger partial charge on any atom is 0.333 e. The maximum absolute atomic E-state index is 12.5. The SMILES string of the molecule is CCOC(=O)C=C1SCC(=O)N1CC(=O)c1cc(C)n(C)c1C. The topological polar surface area (TPSA) is 68.6 Å². The number of aromatic nitrogens is 1. The van der Waals surface area contributed by atoms with Gasteiger partial charge in [0.2, 0.25) is 5.91 Å². The fourth-order valence-corrected chi connectivity index (χ4v) is 3.28. The lowest BCUT2D eigenvalue weighted by atomic mass is 10.1. The number of ketones is 1. The largest absolute Gasteiger partial charge is 0.463 e. The summed E-state index contributed by atoms with van der Waals surface area (Å²) in [4.78, 5) is 37.5. The van der Waals surface area contributed by atoms with Gasteiger partial charge in [-0.2, -0.15) is 0 Å². The van der Waals surface area contributed by atoms with Crippen molar-refractivity contribution in [3.63, 3.8) is 0 Å². The monoisotopic (exact) mass is 336 g/mol. The number of carbonyl (C=O) groups is 3. The van der Waals surface area contributed by atoms with Crippen molar-refractivity contribution in [2.45, 2.75) is 20.8 Å². The predicted molar refractivity (Wildman–Crippen MR) is 88.1 cm³/mol. The van der Waals surface area contributed by atoms with Gasteiger partial charge in [-0.3, -0.25) is 14.5 Å². The summed E-state index contributed by atoms with van der Waals surface area (Å²) < 4.78 is 6.79. The number of amides is 1. The Morgan fingerprint density at radius 2 is 2.09 bits per heavy atom. The molecule has 0 atom stereocenters. The van der Waals surface area contributed by atoms with Crippen molar-refractivity contribution < 1.29 is 19.1 Å². The number of rotatable bonds is 5. The van der Waals surface area contributed by atoms with Crippen LogP contribution < -0.4 is 0 Å². The third-order valence-electron chi connectivity index (χ3n) is 3.82. The first-order valence-electron chi connectivity index (χ1n) is 7.32. The van der Waals surface area contributed by atoms with Crippen molar-refractivity contribution in [3.8, 4) is 0 Å². The molecule has 1 aliphatic heterocycles. The van der Waals surface area contributed by atoms with Crippen LogP contribution in [-0.2, 0) is 21.4 Å². The van der Waals surface area contributed by atoms with Gasteiger partial charge < -0.3 is 9.30 Å². The van der Waals surface area contributed by atoms with E-state index in [0.717, 1.165) is 11.4 Å². The molecule has 7 heteroatoms. The zero-order chi connectivity index (χ0) is 17.1. The van der Waals surface area contributed by atoms with Gasteiger partial charge in [0.1, 0.15) is 0 Å². The van der Waals surface area contributed by atoms with Crippen LogP contribution in [-0.4, -0.2) is 46.0 Å². The summed E-state index contributed by atoms with van der Waals surface area (Å²) in [5, 5.41) is 0.465. The highest BCUT2D eigenvalue weighted by Crippen LogP contribution is 2.29. The number of ether oxygens (including phenoxy) is 1. The normalized spacial score (nSPS) is 16.3. The smallest absolute Gasteiger partial charge is 0.333 e. The molecule has 1 aromatic rings. The summed E-state index contributed by atoms with van der Waals surface area (Å²) in [7, 11) is 1.89. The Labute approximate surface area is 139 Å². The van der Waals surface area contributed by atoms with E-state index in [4.69, 9.17) is 4.74 Å². The van der Waals surface area contributed by atoms with Crippen molar-refractivity contribution >= 4 is 29.4 Å². The Hall–Kier alpha value is -2.02. The molecule has 0 N–H and O–H groups in total. The Balaban J connectivity index is 2.19. The van der Waals surface area contributed by atoms with Gasteiger partial charge in [-0.05, 0) is 26.8 Å². The second kappa shape index (κ2) is 7.04. The molecule has 1 saturated heterocycles. The number of Topliss-reactive ketones (excluding diaryl/α,β-unsaturated/α-hetero) is 1. The van der Waals surface area contributed by atoms with Crippen LogP contribution in [0.25, 0.3) is 0 Å². The summed E-state index contributed by atoms with van der Waals surface area (Å²) in [6.45, 7) is 5.71. The molecule has 1 fully saturated rings. The van der Waals surface area contributed by atoms with Gasteiger partial charge in [0.15, 0.2) is 5.78 Å². The van der Waals surface area contributed by atoms with Crippen LogP contribution >= 0.6 is 11.8 Å². The van der Waals surface area contributed by atoms with Crippen molar-refractivity contribution in [3.05, 3.63) is 34.1 Å². The van der Waals surface area contributed by atoms with Crippen LogP contribution in [0.2, 0.25) is 0 Å². The van der Waals surface area contributed by atoms with E-state index >= 15 is 0 Å². The van der Waals surface area contributed by atoms with Crippen LogP contribution in [0.5, 0.6) is 0 Å². The van der Waals surface area contributed by atoms with Crippen molar-refractivity contribution in [1.29, 1.82) is 0 Å². The third kappa shape index (κ3) is 3.67. The van der Waals surface area contributed by atoms with Crippen LogP contribution in [0.15, 0.2) is 17.2 Å². The fourth-order valence-electron chi connectivity index (χ4n) is 2.35. The molecule has 0 saturated carbocycles. The Bertz CT molecular complexity index is 690. The standard InChI is InChI=1S/C16H20N2O4S/c1-5-22-16(21)7-15-18(14(20)9-23-15)8-13(19)12-6-10(2)17(4)11(12)3/h6-7H,5,8-9H2,1-4H3. The number of thioether (sulfide) groups is 1. The highest BCUT2D eigenvalue weighted by atomic mass is 32.2. The van der Waals surface area contributed by atoms with Gasteiger partial charge in [0.05, 0.1) is 30.0 Å². The number of hydrogen-bond acceptors (Lipinski definition) is 5. The molecule has 0 unspecified atom stereocenters. The first kappa shape index (κ1) is 17.3. The molecular weight excluding hydrogens is 316 g/mol. The molecule has 124 valence electrons. The van der Waals surface area contributed by atoms with Crippen molar-refractivity contribution in [2.24, 2.45) is 7.05 Å². The lowest BCUT2D eigenvalue weighted by Crippen LogP contribution is -2.31. The molecule has 1 amide bonds. The van der Waals surface area contributed by atoms with Crippen LogP contribution in [0, 0.1) is 13.8 Å². The first-order chi connectivity index (χ1) is 10.8. The van der Waals surface area contributed by atoms with E-state index in [1.807, 2.05) is 31.5 Å². The minimum absolute atomic E-state index is 0.0681. The molecule has 2 heterocycles. The molecule has 2 rings (SSSR count).